The molecule has 0 unspecified atom stereocenters. The van der Waals surface area contributed by atoms with Crippen molar-refractivity contribution < 1.29 is 24.2 Å². The van der Waals surface area contributed by atoms with E-state index in [1.54, 1.807) is 43.1 Å². The molecule has 1 saturated carbocycles. The first-order chi connectivity index (χ1) is 19.7. The quantitative estimate of drug-likeness (QED) is 0.370. The number of anilines is 1. The Labute approximate surface area is 236 Å². The average Bonchev–Trinajstić information content (AvgIpc) is 3.23. The molecular formula is C33H27N3O5. The van der Waals surface area contributed by atoms with Crippen LogP contribution in [0.5, 0.6) is 5.88 Å². The maximum absolute atomic E-state index is 13.5. The Morgan fingerprint density at radius 2 is 1.41 bits per heavy atom. The number of aromatic nitrogens is 1. The average molecular weight is 546 g/mol. The fourth-order valence-corrected chi connectivity index (χ4v) is 6.47. The van der Waals surface area contributed by atoms with Crippen molar-refractivity contribution in [3.63, 3.8) is 0 Å². The van der Waals surface area contributed by atoms with Gasteiger partial charge in [-0.15, -0.1) is 0 Å². The molecule has 2 aliphatic heterocycles. The highest BCUT2D eigenvalue weighted by atomic mass is 16.5. The summed E-state index contributed by atoms with van der Waals surface area (Å²) in [5, 5.41) is 10.8. The molecule has 4 aromatic rings. The molecule has 8 nitrogen and oxygen atoms in total. The van der Waals surface area contributed by atoms with Gasteiger partial charge in [-0.05, 0) is 36.2 Å². The molecular weight excluding hydrogens is 518 g/mol. The molecule has 0 spiro atoms. The van der Waals surface area contributed by atoms with Crippen molar-refractivity contribution in [3.05, 3.63) is 102 Å². The lowest BCUT2D eigenvalue weighted by Gasteiger charge is -2.55. The van der Waals surface area contributed by atoms with Gasteiger partial charge in [-0.25, -0.2) is 4.98 Å². The van der Waals surface area contributed by atoms with Crippen LogP contribution in [0.15, 0.2) is 84.9 Å². The van der Waals surface area contributed by atoms with E-state index in [2.05, 4.69) is 0 Å². The number of nitrogens with zero attached hydrogens (tertiary/aromatic N) is 3. The second-order valence-electron chi connectivity index (χ2n) is 11.3. The van der Waals surface area contributed by atoms with Crippen LogP contribution in [0, 0.1) is 0 Å². The number of aliphatic hydroxyl groups is 1. The van der Waals surface area contributed by atoms with Crippen LogP contribution in [0.2, 0.25) is 0 Å². The Kier molecular flexibility index (Phi) is 5.43. The van der Waals surface area contributed by atoms with Crippen molar-refractivity contribution in [2.75, 3.05) is 18.6 Å². The molecule has 0 saturated heterocycles. The third-order valence-corrected chi connectivity index (χ3v) is 8.39. The minimum Gasteiger partial charge on any atom is -0.466 e. The molecule has 0 atom stereocenters. The molecule has 3 aromatic carbocycles. The molecule has 41 heavy (non-hydrogen) atoms. The summed E-state index contributed by atoms with van der Waals surface area (Å²) in [6.07, 6.45) is 0.483. The zero-order valence-corrected chi connectivity index (χ0v) is 22.6. The predicted molar refractivity (Wildman–Crippen MR) is 152 cm³/mol. The highest BCUT2D eigenvalue weighted by Crippen LogP contribution is 2.54. The Bertz CT molecular complexity index is 1700. The molecule has 3 amide bonds. The van der Waals surface area contributed by atoms with Gasteiger partial charge in [-0.2, -0.15) is 0 Å². The van der Waals surface area contributed by atoms with Gasteiger partial charge >= 0.3 is 0 Å². The highest BCUT2D eigenvalue weighted by Gasteiger charge is 2.60. The fraction of sp³-hybridized carbons (Fsp3) is 0.212. The molecule has 8 heteroatoms. The molecule has 204 valence electrons. The van der Waals surface area contributed by atoms with E-state index >= 15 is 0 Å². The van der Waals surface area contributed by atoms with Gasteiger partial charge in [0.1, 0.15) is 5.69 Å². The summed E-state index contributed by atoms with van der Waals surface area (Å²) >= 11 is 0. The number of likely N-dealkylation sites (N-methyl/N-ethyl adjacent to an activating group) is 1. The molecule has 0 bridgehead atoms. The molecule has 1 aliphatic carbocycles. The Balaban J connectivity index is 1.32. The van der Waals surface area contributed by atoms with E-state index in [0.29, 0.717) is 28.4 Å². The fourth-order valence-electron chi connectivity index (χ4n) is 6.47. The summed E-state index contributed by atoms with van der Waals surface area (Å²) in [6, 6.07) is 26.2. The zero-order valence-electron chi connectivity index (χ0n) is 22.6. The molecule has 1 fully saturated rings. The second kappa shape index (κ2) is 8.84. The van der Waals surface area contributed by atoms with Gasteiger partial charge in [0, 0.05) is 31.0 Å². The van der Waals surface area contributed by atoms with Crippen LogP contribution >= 0.6 is 0 Å². The smallest absolute Gasteiger partial charge is 0.264 e. The summed E-state index contributed by atoms with van der Waals surface area (Å²) in [4.78, 5) is 47.0. The molecule has 0 radical (unpaired) electrons. The minimum absolute atomic E-state index is 0.0811. The van der Waals surface area contributed by atoms with Crippen molar-refractivity contribution >= 4 is 23.4 Å². The second-order valence-corrected chi connectivity index (χ2v) is 11.3. The van der Waals surface area contributed by atoms with E-state index in [9.17, 15) is 19.5 Å². The maximum Gasteiger partial charge on any atom is 0.264 e. The van der Waals surface area contributed by atoms with Crippen LogP contribution in [0.3, 0.4) is 0 Å². The number of hydrogen-bond acceptors (Lipinski definition) is 6. The lowest BCUT2D eigenvalue weighted by atomic mass is 9.61. The summed E-state index contributed by atoms with van der Waals surface area (Å²) in [5.74, 6) is -0.457. The number of imide groups is 1. The minimum atomic E-state index is -1.00. The Morgan fingerprint density at radius 3 is 2.02 bits per heavy atom. The normalized spacial score (nSPS) is 23.1. The van der Waals surface area contributed by atoms with Gasteiger partial charge in [0.05, 0.1) is 28.0 Å². The van der Waals surface area contributed by atoms with Crippen LogP contribution in [-0.4, -0.2) is 52.0 Å². The predicted octanol–water partition coefficient (Wildman–Crippen LogP) is 4.81. The van der Waals surface area contributed by atoms with Gasteiger partial charge in [0.2, 0.25) is 5.88 Å². The van der Waals surface area contributed by atoms with E-state index in [1.165, 1.54) is 4.90 Å². The Morgan fingerprint density at radius 1 is 0.805 bits per heavy atom. The molecule has 3 aliphatic rings. The first-order valence-corrected chi connectivity index (χ1v) is 13.5. The third kappa shape index (κ3) is 3.78. The van der Waals surface area contributed by atoms with E-state index < -0.39 is 11.1 Å². The lowest BCUT2D eigenvalue weighted by Crippen LogP contribution is -2.63. The first kappa shape index (κ1) is 25.2. The summed E-state index contributed by atoms with van der Waals surface area (Å²) in [6.45, 7) is 1.64. The molecule has 1 N–H and O–H groups in total. The molecule has 1 aromatic heterocycles. The van der Waals surface area contributed by atoms with E-state index in [4.69, 9.17) is 9.72 Å². The van der Waals surface area contributed by atoms with Crippen molar-refractivity contribution in [2.45, 2.75) is 30.9 Å². The van der Waals surface area contributed by atoms with Crippen molar-refractivity contribution in [1.82, 2.24) is 9.88 Å². The Hall–Kier alpha value is -4.82. The maximum atomic E-state index is 13.5. The summed E-state index contributed by atoms with van der Waals surface area (Å²) in [5.41, 5.74) is 3.42. The van der Waals surface area contributed by atoms with E-state index in [1.807, 2.05) is 60.7 Å². The first-order valence-electron chi connectivity index (χ1n) is 13.5. The molecule has 7 rings (SSSR count). The summed E-state index contributed by atoms with van der Waals surface area (Å²) < 4.78 is 5.70. The number of fused-ring (bicyclic) bond motifs is 2. The topological polar surface area (TPSA) is 100 Å². The van der Waals surface area contributed by atoms with Crippen molar-refractivity contribution in [1.29, 1.82) is 0 Å². The monoisotopic (exact) mass is 545 g/mol. The number of hydrogen-bond donors (Lipinski definition) is 1. The van der Waals surface area contributed by atoms with Gasteiger partial charge in [-0.1, -0.05) is 66.7 Å². The number of pyridine rings is 1. The number of benzene rings is 3. The number of carbonyl (C=O) groups excluding carboxylic acids is 3. The van der Waals surface area contributed by atoms with Crippen LogP contribution < -0.4 is 9.64 Å². The highest BCUT2D eigenvalue weighted by molar-refractivity contribution is 6.22. The van der Waals surface area contributed by atoms with Crippen LogP contribution in [0.4, 0.5) is 5.69 Å². The van der Waals surface area contributed by atoms with Gasteiger partial charge in [0.15, 0.2) is 6.61 Å². The van der Waals surface area contributed by atoms with Gasteiger partial charge < -0.3 is 14.7 Å². The van der Waals surface area contributed by atoms with Crippen LogP contribution in [0.25, 0.3) is 22.4 Å². The SMILES string of the molecule is CN1C(=O)COc2nc(-c3ccc([C@]4(N5C(=O)c6ccccc6C5=O)C[C@@](C)(O)C4)cc3)c(-c3ccccc3)cc21. The number of ether oxygens (including phenoxy) is 1. The third-order valence-electron chi connectivity index (χ3n) is 8.39. The number of amides is 3. The lowest BCUT2D eigenvalue weighted by molar-refractivity contribution is -0.121. The van der Waals surface area contributed by atoms with Crippen LogP contribution in [-0.2, 0) is 10.3 Å². The van der Waals surface area contributed by atoms with Crippen molar-refractivity contribution in [2.24, 2.45) is 0 Å². The number of rotatable bonds is 4. The molecule has 3 heterocycles. The largest absolute Gasteiger partial charge is 0.466 e. The van der Waals surface area contributed by atoms with Gasteiger partial charge in [-0.3, -0.25) is 19.3 Å². The zero-order chi connectivity index (χ0) is 28.5. The van der Waals surface area contributed by atoms with Gasteiger partial charge in [0.25, 0.3) is 17.7 Å². The van der Waals surface area contributed by atoms with Crippen molar-refractivity contribution in [3.8, 4) is 28.3 Å². The standard InChI is InChI=1S/C33H27N3O5/c1-32(40)18-33(19-32,36-30(38)23-10-6-7-11-24(23)31(36)39)22-14-12-21(13-15-22)28-25(20-8-4-3-5-9-20)16-26-29(34-28)41-17-27(37)35(26)2/h3-16,40H,17-19H2,1-2H3/t32-,33+. The van der Waals surface area contributed by atoms with E-state index in [0.717, 1.165) is 22.3 Å². The number of carbonyl (C=O) groups is 3. The summed E-state index contributed by atoms with van der Waals surface area (Å²) in [7, 11) is 1.71. The van der Waals surface area contributed by atoms with E-state index in [-0.39, 0.29) is 37.2 Å². The van der Waals surface area contributed by atoms with Crippen LogP contribution in [0.1, 0.15) is 46.0 Å².